The molecule has 7 fully saturated rings. The summed E-state index contributed by atoms with van der Waals surface area (Å²) >= 11 is 0. The quantitative estimate of drug-likeness (QED) is 0.215. The first-order valence-electron chi connectivity index (χ1n) is 37.0. The third-order valence-electron chi connectivity index (χ3n) is 23.3. The summed E-state index contributed by atoms with van der Waals surface area (Å²) in [6.45, 7) is 3.47. The van der Waals surface area contributed by atoms with Gasteiger partial charge in [0.2, 0.25) is 70.9 Å². The molecule has 1 spiro atoms. The average Bonchev–Trinajstić information content (AvgIpc) is 1.75. The molecule has 12 amide bonds. The summed E-state index contributed by atoms with van der Waals surface area (Å²) in [6, 6.07) is -11.2. The number of nitrogens with zero attached hydrogens (tertiary/aromatic N) is 9. The van der Waals surface area contributed by atoms with Crippen LogP contribution in [0.3, 0.4) is 0 Å². The fourth-order valence-corrected chi connectivity index (χ4v) is 16.6. The van der Waals surface area contributed by atoms with Crippen LogP contribution < -0.4 is 16.0 Å². The maximum atomic E-state index is 15.7. The van der Waals surface area contributed by atoms with E-state index in [9.17, 15) is 64.7 Å². The number of fused-ring (bicyclic) bond motifs is 1. The van der Waals surface area contributed by atoms with Gasteiger partial charge in [0.15, 0.2) is 0 Å². The second-order valence-corrected chi connectivity index (χ2v) is 30.8. The third kappa shape index (κ3) is 21.0. The zero-order valence-corrected chi connectivity index (χ0v) is 61.5. The Hall–Kier alpha value is -6.92. The molecule has 4 saturated carbocycles. The van der Waals surface area contributed by atoms with Crippen molar-refractivity contribution in [2.75, 3.05) is 88.6 Å². The lowest BCUT2D eigenvalue weighted by molar-refractivity contribution is -0.219. The minimum absolute atomic E-state index is 0.0346. The summed E-state index contributed by atoms with van der Waals surface area (Å²) in [6.07, 6.45) is -12.0. The van der Waals surface area contributed by atoms with E-state index in [0.717, 1.165) is 50.8 Å². The van der Waals surface area contributed by atoms with Crippen molar-refractivity contribution in [2.24, 2.45) is 35.5 Å². The molecule has 3 heterocycles. The topological polar surface area (TPSA) is 270 Å². The summed E-state index contributed by atoms with van der Waals surface area (Å²) in [7, 11) is 8.67. The number of hydrogen-bond acceptors (Lipinski definition) is 12. The largest absolute Gasteiger partial charge is 0.397 e. The van der Waals surface area contributed by atoms with Gasteiger partial charge in [0.25, 0.3) is 0 Å². The molecule has 7 rings (SSSR count). The molecule has 582 valence electrons. The van der Waals surface area contributed by atoms with Crippen molar-refractivity contribution in [3.63, 3.8) is 0 Å². The van der Waals surface area contributed by atoms with Crippen LogP contribution in [-0.2, 0) is 57.5 Å². The van der Waals surface area contributed by atoms with Crippen LogP contribution in [0.25, 0.3) is 0 Å². The van der Waals surface area contributed by atoms with E-state index in [1.807, 2.05) is 0 Å². The van der Waals surface area contributed by atoms with Crippen LogP contribution in [0.4, 0.5) is 35.1 Å². The number of carbonyl (C=O) groups excluding carboxylic acids is 12. The number of halogens is 8. The fraction of sp³-hybridized carbons (Fsp3) is 0.831. The molecule has 0 radical (unpaired) electrons. The first kappa shape index (κ1) is 83.4. The van der Waals surface area contributed by atoms with E-state index < -0.39 is 212 Å². The van der Waals surface area contributed by atoms with Gasteiger partial charge in [-0.3, -0.25) is 57.5 Å². The van der Waals surface area contributed by atoms with Gasteiger partial charge >= 0.3 is 12.4 Å². The van der Waals surface area contributed by atoms with E-state index in [4.69, 9.17) is 0 Å². The molecule has 3 N–H and O–H groups in total. The van der Waals surface area contributed by atoms with Crippen molar-refractivity contribution < 1.29 is 92.7 Å². The van der Waals surface area contributed by atoms with E-state index in [1.165, 1.54) is 63.9 Å². The van der Waals surface area contributed by atoms with E-state index in [0.29, 0.717) is 75.0 Å². The highest BCUT2D eigenvalue weighted by Gasteiger charge is 2.55. The number of likely N-dealkylation sites (N-methyl/N-ethyl adjacent to an activating group) is 7. The fourth-order valence-electron chi connectivity index (χ4n) is 16.6. The zero-order chi connectivity index (χ0) is 76.3. The highest BCUT2D eigenvalue weighted by Crippen LogP contribution is 2.45. The number of amides is 12. The molecule has 24 nitrogen and oxygen atoms in total. The Labute approximate surface area is 599 Å². The van der Waals surface area contributed by atoms with Gasteiger partial charge in [-0.15, -0.1) is 0 Å². The Bertz CT molecular complexity index is 3020. The number of likely N-dealkylation sites (tertiary alicyclic amines) is 1. The van der Waals surface area contributed by atoms with Gasteiger partial charge < -0.3 is 60.0 Å². The molecule has 3 saturated heterocycles. The van der Waals surface area contributed by atoms with Crippen LogP contribution in [-0.4, -0.2) is 276 Å². The lowest BCUT2D eigenvalue weighted by Gasteiger charge is -2.43. The summed E-state index contributed by atoms with van der Waals surface area (Å²) in [4.78, 5) is 187. The van der Waals surface area contributed by atoms with Gasteiger partial charge in [0.1, 0.15) is 66.1 Å². The number of hydrogen-bond donors (Lipinski definition) is 3. The molecule has 103 heavy (non-hydrogen) atoms. The second-order valence-electron chi connectivity index (χ2n) is 30.8. The van der Waals surface area contributed by atoms with Gasteiger partial charge in [-0.05, 0) is 113 Å². The van der Waals surface area contributed by atoms with Crippen LogP contribution in [0.15, 0.2) is 0 Å². The lowest BCUT2D eigenvalue weighted by Crippen LogP contribution is -2.65. The molecule has 10 atom stereocenters. The van der Waals surface area contributed by atoms with Crippen molar-refractivity contribution in [3.05, 3.63) is 0 Å². The lowest BCUT2D eigenvalue weighted by atomic mass is 9.76. The molecular weight excluding hydrogens is 1360 g/mol. The molecule has 4 aliphatic carbocycles. The van der Waals surface area contributed by atoms with Crippen molar-refractivity contribution in [1.29, 1.82) is 0 Å². The smallest absolute Gasteiger partial charge is 0.343 e. The Kier molecular flexibility index (Phi) is 29.1. The molecule has 3 aliphatic heterocycles. The van der Waals surface area contributed by atoms with Crippen molar-refractivity contribution in [1.82, 2.24) is 60.0 Å². The first-order valence-corrected chi connectivity index (χ1v) is 37.0. The minimum atomic E-state index is -5.18. The SMILES string of the molecule is CC[C@H](C)[C@@H]1NC(=O)[C@H](CC(F)(F)F)N(C)C(=O)C[C@@H](C(=O)N2CCCC2)N(C)C(=O)[C@H](C2CCCCC2)N(C)C(=O)C2(CCCC2)NC(=O)[C@@H]2CCCN2C(=O)[C@H](CCC2CC(F)C(C(F)(F)F)C(F)C2)NC(=O)CN(C)C(=O)[C@H](CC2CCC(C)CC2)N(C)C(=O)CN(C)C(=O)CN(C)C1=O. The normalized spacial score (nSPS) is 31.6. The Balaban J connectivity index is 1.29. The maximum Gasteiger partial charge on any atom is 0.397 e. The van der Waals surface area contributed by atoms with Crippen LogP contribution in [0.5, 0.6) is 0 Å². The van der Waals surface area contributed by atoms with Crippen molar-refractivity contribution >= 4 is 70.9 Å². The minimum Gasteiger partial charge on any atom is -0.343 e. The van der Waals surface area contributed by atoms with Crippen LogP contribution in [0, 0.1) is 35.5 Å². The number of rotatable bonds is 10. The molecular formula is C71H110F8N12O12. The van der Waals surface area contributed by atoms with Crippen LogP contribution in [0.1, 0.15) is 181 Å². The van der Waals surface area contributed by atoms with Gasteiger partial charge in [0, 0.05) is 69.0 Å². The summed E-state index contributed by atoms with van der Waals surface area (Å²) in [5.41, 5.74) is -1.71. The maximum absolute atomic E-state index is 15.7. The van der Waals surface area contributed by atoms with E-state index >= 15 is 28.0 Å². The highest BCUT2D eigenvalue weighted by atomic mass is 19.4. The average molecular weight is 1480 g/mol. The third-order valence-corrected chi connectivity index (χ3v) is 23.3. The van der Waals surface area contributed by atoms with E-state index in [-0.39, 0.29) is 76.9 Å². The van der Waals surface area contributed by atoms with Gasteiger partial charge in [-0.25, -0.2) is 8.78 Å². The first-order chi connectivity index (χ1) is 48.3. The number of alkyl halides is 8. The Morgan fingerprint density at radius 1 is 0.573 bits per heavy atom. The summed E-state index contributed by atoms with van der Waals surface area (Å²) < 4.78 is 117. The van der Waals surface area contributed by atoms with Crippen LogP contribution >= 0.6 is 0 Å². The summed E-state index contributed by atoms with van der Waals surface area (Å²) in [5, 5.41) is 8.04. The molecule has 0 aromatic carbocycles. The monoisotopic (exact) mass is 1470 g/mol. The van der Waals surface area contributed by atoms with Crippen molar-refractivity contribution in [2.45, 2.75) is 254 Å². The van der Waals surface area contributed by atoms with Crippen molar-refractivity contribution in [3.8, 4) is 0 Å². The second kappa shape index (κ2) is 35.9. The zero-order valence-electron chi connectivity index (χ0n) is 61.5. The van der Waals surface area contributed by atoms with Gasteiger partial charge in [0.05, 0.1) is 32.5 Å². The highest BCUT2D eigenvalue weighted by molar-refractivity contribution is 6.00. The molecule has 2 unspecified atom stereocenters. The van der Waals surface area contributed by atoms with E-state index in [1.54, 1.807) is 6.92 Å². The molecule has 0 bridgehead atoms. The molecule has 32 heteroatoms. The number of carbonyl (C=O) groups is 12. The predicted octanol–water partition coefficient (Wildman–Crippen LogP) is 5.93. The number of nitrogens with one attached hydrogen (secondary N) is 3. The van der Waals surface area contributed by atoms with E-state index in [2.05, 4.69) is 22.9 Å². The predicted molar refractivity (Wildman–Crippen MR) is 361 cm³/mol. The summed E-state index contributed by atoms with van der Waals surface area (Å²) in [5.74, 6) is -15.6. The Morgan fingerprint density at radius 2 is 1.16 bits per heavy atom. The molecule has 0 aromatic rings. The Morgan fingerprint density at radius 3 is 1.74 bits per heavy atom. The van der Waals surface area contributed by atoms with Gasteiger partial charge in [-0.2, -0.15) is 26.3 Å². The van der Waals surface area contributed by atoms with Gasteiger partial charge in [-0.1, -0.05) is 85.0 Å². The standard InChI is InChI=1S/C71H110F8N12O12/c1-11-43(3)59-66(101)85(6)40-56(94)83(4)41-57(95)86(7)51(36-44-25-23-42(2)24-26-44)64(99)84(5)39-54(92)80-49(28-27-45-34-47(72)58(48(73)35-45)71(77,78)79)63(98)91-33-19-22-50(91)62(97)82-69(29-15-16-30-69)68(103)89(10)60(46-20-13-12-14-21-46)67(102)88(9)52(65(100)90-31-17-18-32-90)37-55(93)87(8)53(61(96)81-59)38-70(74,75)76/h42-53,58-60H,11-41H2,1-10H3,(H,80,92)(H,81,96)(H,82,97)/t42?,43-,44?,45?,47?,48?,49-,50-,51-,52-,53-,58?,59-,60-/m0/s1. The van der Waals surface area contributed by atoms with Crippen LogP contribution in [0.2, 0.25) is 0 Å². The molecule has 0 aromatic heterocycles. The molecule has 7 aliphatic rings.